The number of rotatable bonds is 3. The fourth-order valence-electron chi connectivity index (χ4n) is 3.22. The van der Waals surface area contributed by atoms with Crippen LogP contribution in [0.1, 0.15) is 44.5 Å². The predicted molar refractivity (Wildman–Crippen MR) is 89.4 cm³/mol. The van der Waals surface area contributed by atoms with Crippen molar-refractivity contribution in [2.75, 3.05) is 5.32 Å². The van der Waals surface area contributed by atoms with E-state index in [0.717, 1.165) is 29.9 Å². The molecule has 2 aromatic heterocycles. The Morgan fingerprint density at radius 3 is 2.87 bits per heavy atom. The largest absolute Gasteiger partial charge is 0.323 e. The van der Waals surface area contributed by atoms with Crippen molar-refractivity contribution in [2.45, 2.75) is 38.5 Å². The molecule has 1 fully saturated rings. The number of nitrogens with zero attached hydrogens (tertiary/aromatic N) is 3. The van der Waals surface area contributed by atoms with Crippen molar-refractivity contribution >= 4 is 22.5 Å². The molecule has 0 spiro atoms. The Morgan fingerprint density at radius 1 is 1.22 bits per heavy atom. The molecule has 0 radical (unpaired) electrons. The van der Waals surface area contributed by atoms with Crippen LogP contribution in [0.15, 0.2) is 24.3 Å². The number of anilines is 2. The molecule has 2 heterocycles. The van der Waals surface area contributed by atoms with Gasteiger partial charge in [-0.1, -0.05) is 12.8 Å². The van der Waals surface area contributed by atoms with E-state index in [0.29, 0.717) is 22.9 Å². The van der Waals surface area contributed by atoms with Crippen molar-refractivity contribution in [2.24, 2.45) is 0 Å². The summed E-state index contributed by atoms with van der Waals surface area (Å²) in [5.74, 6) is 2.35. The van der Waals surface area contributed by atoms with E-state index in [1.807, 2.05) is 13.0 Å². The Hall–Kier alpha value is -2.50. The van der Waals surface area contributed by atoms with Crippen LogP contribution in [0.4, 0.5) is 16.0 Å². The molecule has 1 aliphatic carbocycles. The highest BCUT2D eigenvalue weighted by atomic mass is 19.1. The highest BCUT2D eigenvalue weighted by molar-refractivity contribution is 5.91. The molecular weight excluding hydrogens is 293 g/mol. The number of hydrogen-bond donors (Lipinski definition) is 2. The van der Waals surface area contributed by atoms with Crippen LogP contribution in [0.25, 0.3) is 10.9 Å². The molecule has 1 saturated carbocycles. The molecule has 0 bridgehead atoms. The Balaban J connectivity index is 0.00000169. The lowest BCUT2D eigenvalue weighted by Gasteiger charge is -2.11. The summed E-state index contributed by atoms with van der Waals surface area (Å²) in [6.07, 6.45) is 4.79. The molecule has 0 atom stereocenters. The third-order valence-electron chi connectivity index (χ3n) is 4.36. The standard InChI is InChI=1S/C17H18FN5.H2/c1-10-8-15(20-16(19-10)11-4-2-3-5-11)21-17-13-9-12(18)6-7-14(13)22-23-17;/h6-9,11H,2-5H2,1H3,(H2,19,20,21,22,23);1H. The van der Waals surface area contributed by atoms with Crippen LogP contribution in [0.5, 0.6) is 0 Å². The van der Waals surface area contributed by atoms with E-state index in [1.165, 1.54) is 25.0 Å². The van der Waals surface area contributed by atoms with Crippen molar-refractivity contribution in [1.82, 2.24) is 20.2 Å². The smallest absolute Gasteiger partial charge is 0.161 e. The first kappa shape index (κ1) is 14.1. The minimum Gasteiger partial charge on any atom is -0.323 e. The number of benzene rings is 1. The van der Waals surface area contributed by atoms with Crippen LogP contribution in [0.2, 0.25) is 0 Å². The number of H-pyrrole nitrogens is 1. The number of aromatic amines is 1. The molecule has 2 N–H and O–H groups in total. The molecule has 1 aliphatic rings. The Morgan fingerprint density at radius 2 is 2.04 bits per heavy atom. The SMILES string of the molecule is Cc1cc(Nc2n[nH]c3ccc(F)cc23)nc(C2CCCC2)n1.[HH]. The number of aromatic nitrogens is 4. The second-order valence-electron chi connectivity index (χ2n) is 6.12. The Labute approximate surface area is 134 Å². The number of nitrogens with one attached hydrogen (secondary N) is 2. The maximum absolute atomic E-state index is 13.5. The van der Waals surface area contributed by atoms with Crippen LogP contribution >= 0.6 is 0 Å². The van der Waals surface area contributed by atoms with E-state index in [-0.39, 0.29) is 7.24 Å². The normalized spacial score (nSPS) is 15.4. The molecule has 23 heavy (non-hydrogen) atoms. The van der Waals surface area contributed by atoms with Gasteiger partial charge in [0.2, 0.25) is 0 Å². The van der Waals surface area contributed by atoms with Crippen molar-refractivity contribution in [3.8, 4) is 0 Å². The third kappa shape index (κ3) is 2.76. The topological polar surface area (TPSA) is 66.5 Å². The van der Waals surface area contributed by atoms with E-state index in [4.69, 9.17) is 0 Å². The van der Waals surface area contributed by atoms with E-state index in [2.05, 4.69) is 25.5 Å². The molecule has 6 heteroatoms. The fraction of sp³-hybridized carbons (Fsp3) is 0.353. The van der Waals surface area contributed by atoms with E-state index < -0.39 is 0 Å². The summed E-state index contributed by atoms with van der Waals surface area (Å²) >= 11 is 0. The lowest BCUT2D eigenvalue weighted by atomic mass is 10.1. The van der Waals surface area contributed by atoms with Crippen LogP contribution in [0, 0.1) is 12.7 Å². The van der Waals surface area contributed by atoms with Gasteiger partial charge in [0, 0.05) is 24.5 Å². The number of fused-ring (bicyclic) bond motifs is 1. The molecule has 0 unspecified atom stereocenters. The van der Waals surface area contributed by atoms with Gasteiger partial charge in [0.1, 0.15) is 17.5 Å². The first-order valence-electron chi connectivity index (χ1n) is 7.95. The molecule has 5 nitrogen and oxygen atoms in total. The maximum Gasteiger partial charge on any atom is 0.161 e. The zero-order chi connectivity index (χ0) is 15.8. The average Bonchev–Trinajstić information content (AvgIpc) is 3.17. The summed E-state index contributed by atoms with van der Waals surface area (Å²) in [4.78, 5) is 9.23. The highest BCUT2D eigenvalue weighted by Crippen LogP contribution is 2.33. The molecular formula is C17H20FN5. The predicted octanol–water partition coefficient (Wildman–Crippen LogP) is 4.45. The molecule has 120 valence electrons. The molecule has 3 aromatic rings. The minimum atomic E-state index is -0.285. The van der Waals surface area contributed by atoms with Crippen molar-refractivity contribution in [1.29, 1.82) is 0 Å². The molecule has 4 rings (SSSR count). The summed E-state index contributed by atoms with van der Waals surface area (Å²) < 4.78 is 13.5. The fourth-order valence-corrected chi connectivity index (χ4v) is 3.22. The number of hydrogen-bond acceptors (Lipinski definition) is 4. The second-order valence-corrected chi connectivity index (χ2v) is 6.12. The molecule has 0 saturated heterocycles. The van der Waals surface area contributed by atoms with E-state index in [1.54, 1.807) is 6.07 Å². The van der Waals surface area contributed by atoms with Gasteiger partial charge in [-0.2, -0.15) is 5.10 Å². The van der Waals surface area contributed by atoms with Crippen LogP contribution in [-0.4, -0.2) is 20.2 Å². The first-order valence-corrected chi connectivity index (χ1v) is 7.95. The van der Waals surface area contributed by atoms with Gasteiger partial charge in [-0.3, -0.25) is 5.10 Å². The minimum absolute atomic E-state index is 0. The zero-order valence-corrected chi connectivity index (χ0v) is 12.9. The molecule has 0 amide bonds. The second kappa shape index (κ2) is 5.61. The molecule has 1 aromatic carbocycles. The quantitative estimate of drug-likeness (QED) is 0.750. The van der Waals surface area contributed by atoms with Gasteiger partial charge in [0.15, 0.2) is 5.82 Å². The van der Waals surface area contributed by atoms with Gasteiger partial charge in [0.25, 0.3) is 0 Å². The van der Waals surface area contributed by atoms with Gasteiger partial charge in [-0.05, 0) is 38.0 Å². The molecule has 0 aliphatic heterocycles. The van der Waals surface area contributed by atoms with Crippen LogP contribution in [0.3, 0.4) is 0 Å². The van der Waals surface area contributed by atoms with Gasteiger partial charge in [0.05, 0.1) is 5.52 Å². The summed E-state index contributed by atoms with van der Waals surface area (Å²) in [6.45, 7) is 1.97. The van der Waals surface area contributed by atoms with Crippen LogP contribution < -0.4 is 5.32 Å². The van der Waals surface area contributed by atoms with E-state index >= 15 is 0 Å². The lowest BCUT2D eigenvalue weighted by molar-refractivity contribution is 0.630. The van der Waals surface area contributed by atoms with E-state index in [9.17, 15) is 4.39 Å². The van der Waals surface area contributed by atoms with Crippen molar-refractivity contribution in [3.05, 3.63) is 41.6 Å². The zero-order valence-electron chi connectivity index (χ0n) is 12.9. The average molecular weight is 313 g/mol. The van der Waals surface area contributed by atoms with Crippen LogP contribution in [-0.2, 0) is 0 Å². The highest BCUT2D eigenvalue weighted by Gasteiger charge is 2.20. The lowest BCUT2D eigenvalue weighted by Crippen LogP contribution is -2.05. The van der Waals surface area contributed by atoms with Gasteiger partial charge in [-0.25, -0.2) is 14.4 Å². The third-order valence-corrected chi connectivity index (χ3v) is 4.36. The van der Waals surface area contributed by atoms with Crippen molar-refractivity contribution in [3.63, 3.8) is 0 Å². The summed E-state index contributed by atoms with van der Waals surface area (Å²) in [5, 5.41) is 11.0. The van der Waals surface area contributed by atoms with Gasteiger partial charge in [-0.15, -0.1) is 0 Å². The maximum atomic E-state index is 13.5. The number of halogens is 1. The summed E-state index contributed by atoms with van der Waals surface area (Å²) in [6, 6.07) is 6.45. The Bertz CT molecular complexity index is 857. The van der Waals surface area contributed by atoms with Crippen molar-refractivity contribution < 1.29 is 5.82 Å². The Kier molecular flexibility index (Phi) is 3.44. The summed E-state index contributed by atoms with van der Waals surface area (Å²) in [7, 11) is 0. The first-order chi connectivity index (χ1) is 11.2. The van der Waals surface area contributed by atoms with Gasteiger partial charge >= 0.3 is 0 Å². The number of aryl methyl sites for hydroxylation is 1. The monoisotopic (exact) mass is 313 g/mol. The van der Waals surface area contributed by atoms with Gasteiger partial charge < -0.3 is 5.32 Å². The summed E-state index contributed by atoms with van der Waals surface area (Å²) in [5.41, 5.74) is 1.71.